The van der Waals surface area contributed by atoms with Crippen molar-refractivity contribution in [2.24, 2.45) is 11.8 Å². The van der Waals surface area contributed by atoms with E-state index in [1.807, 2.05) is 30.3 Å². The first kappa shape index (κ1) is 23.4. The van der Waals surface area contributed by atoms with Crippen molar-refractivity contribution in [2.75, 3.05) is 10.6 Å². The standard InChI is InChI=1S/C27H20ClFN4O3/c28-17-9-12-21(30-15-17)32-27(36)25-23(16-6-2-1-3-7-16)24(25)26(35)31-20-11-10-18(14-19(20)29)33-13-5-4-8-22(33)34/h1-15,23-25H,(H,31,35)(H,30,32,36). The van der Waals surface area contributed by atoms with Crippen LogP contribution in [-0.4, -0.2) is 21.4 Å². The van der Waals surface area contributed by atoms with Crippen molar-refractivity contribution in [1.82, 2.24) is 9.55 Å². The molecule has 0 radical (unpaired) electrons. The first-order valence-corrected chi connectivity index (χ1v) is 11.6. The van der Waals surface area contributed by atoms with Crippen LogP contribution < -0.4 is 16.2 Å². The summed E-state index contributed by atoms with van der Waals surface area (Å²) in [7, 11) is 0. The molecule has 2 aromatic heterocycles. The van der Waals surface area contributed by atoms with Crippen LogP contribution in [0.3, 0.4) is 0 Å². The number of carbonyl (C=O) groups excluding carboxylic acids is 2. The fourth-order valence-corrected chi connectivity index (χ4v) is 4.44. The molecule has 2 amide bonds. The minimum atomic E-state index is -0.699. The molecule has 1 aliphatic carbocycles. The number of nitrogens with zero attached hydrogens (tertiary/aromatic N) is 2. The summed E-state index contributed by atoms with van der Waals surface area (Å²) in [4.78, 5) is 42.3. The molecular weight excluding hydrogens is 483 g/mol. The maximum atomic E-state index is 14.9. The van der Waals surface area contributed by atoms with Gasteiger partial charge in [-0.3, -0.25) is 19.0 Å². The molecule has 36 heavy (non-hydrogen) atoms. The smallest absolute Gasteiger partial charge is 0.255 e. The summed E-state index contributed by atoms with van der Waals surface area (Å²) >= 11 is 5.86. The molecule has 2 aromatic carbocycles. The average molecular weight is 503 g/mol. The fraction of sp³-hybridized carbons (Fsp3) is 0.111. The molecule has 0 saturated heterocycles. The van der Waals surface area contributed by atoms with Crippen molar-refractivity contribution < 1.29 is 14.0 Å². The Morgan fingerprint density at radius 3 is 2.28 bits per heavy atom. The predicted octanol–water partition coefficient (Wildman–Crippen LogP) is 4.63. The van der Waals surface area contributed by atoms with Gasteiger partial charge in [0.25, 0.3) is 5.56 Å². The van der Waals surface area contributed by atoms with Crippen molar-refractivity contribution in [3.05, 3.63) is 118 Å². The molecule has 3 atom stereocenters. The van der Waals surface area contributed by atoms with Gasteiger partial charge in [-0.2, -0.15) is 0 Å². The predicted molar refractivity (Wildman–Crippen MR) is 135 cm³/mol. The first-order valence-electron chi connectivity index (χ1n) is 11.2. The largest absolute Gasteiger partial charge is 0.323 e. The number of benzene rings is 2. The molecule has 4 aromatic rings. The molecule has 2 heterocycles. The van der Waals surface area contributed by atoms with Gasteiger partial charge in [0.15, 0.2) is 0 Å². The van der Waals surface area contributed by atoms with E-state index in [1.54, 1.807) is 24.3 Å². The molecule has 0 aliphatic heterocycles. The Hall–Kier alpha value is -4.30. The second kappa shape index (κ2) is 9.75. The van der Waals surface area contributed by atoms with E-state index in [0.29, 0.717) is 16.5 Å². The Morgan fingerprint density at radius 1 is 0.889 bits per heavy atom. The lowest BCUT2D eigenvalue weighted by molar-refractivity contribution is -0.122. The van der Waals surface area contributed by atoms with Crippen LogP contribution in [0.25, 0.3) is 5.69 Å². The van der Waals surface area contributed by atoms with Crippen molar-refractivity contribution in [1.29, 1.82) is 0 Å². The molecule has 9 heteroatoms. The van der Waals surface area contributed by atoms with E-state index in [1.165, 1.54) is 41.2 Å². The van der Waals surface area contributed by atoms with Crippen molar-refractivity contribution in [3.63, 3.8) is 0 Å². The summed E-state index contributed by atoms with van der Waals surface area (Å²) in [5.74, 6) is -2.94. The van der Waals surface area contributed by atoms with E-state index in [4.69, 9.17) is 11.6 Å². The number of amides is 2. The van der Waals surface area contributed by atoms with Gasteiger partial charge in [-0.1, -0.05) is 48.0 Å². The van der Waals surface area contributed by atoms with E-state index in [2.05, 4.69) is 15.6 Å². The molecule has 0 spiro atoms. The summed E-state index contributed by atoms with van der Waals surface area (Å²) in [5.41, 5.74) is 0.824. The highest BCUT2D eigenvalue weighted by molar-refractivity contribution is 6.30. The minimum Gasteiger partial charge on any atom is -0.323 e. The van der Waals surface area contributed by atoms with E-state index < -0.39 is 23.6 Å². The number of pyridine rings is 2. The second-order valence-electron chi connectivity index (χ2n) is 8.40. The number of hydrogen-bond acceptors (Lipinski definition) is 4. The maximum Gasteiger partial charge on any atom is 0.255 e. The van der Waals surface area contributed by atoms with E-state index >= 15 is 0 Å². The number of nitrogens with one attached hydrogen (secondary N) is 2. The molecule has 1 saturated carbocycles. The SMILES string of the molecule is O=C(Nc1ccc(Cl)cn1)C1C(C(=O)Nc2ccc(-n3ccccc3=O)cc2F)C1c1ccccc1. The van der Waals surface area contributed by atoms with Crippen LogP contribution in [0.15, 0.2) is 96.1 Å². The van der Waals surface area contributed by atoms with Gasteiger partial charge in [0.1, 0.15) is 11.6 Å². The molecule has 2 N–H and O–H groups in total. The van der Waals surface area contributed by atoms with Gasteiger partial charge in [-0.25, -0.2) is 9.37 Å². The lowest BCUT2D eigenvalue weighted by Crippen LogP contribution is -2.21. The topological polar surface area (TPSA) is 93.1 Å². The third kappa shape index (κ3) is 4.76. The van der Waals surface area contributed by atoms with Crippen LogP contribution in [0.1, 0.15) is 11.5 Å². The lowest BCUT2D eigenvalue weighted by atomic mass is 10.1. The highest BCUT2D eigenvalue weighted by Gasteiger charge is 2.59. The minimum absolute atomic E-state index is 0.0371. The molecule has 7 nitrogen and oxygen atoms in total. The molecule has 0 bridgehead atoms. The van der Waals surface area contributed by atoms with Crippen molar-refractivity contribution in [2.45, 2.75) is 5.92 Å². The summed E-state index contributed by atoms with van der Waals surface area (Å²) in [6.45, 7) is 0. The maximum absolute atomic E-state index is 14.9. The number of aromatic nitrogens is 2. The molecule has 3 unspecified atom stereocenters. The third-order valence-electron chi connectivity index (χ3n) is 6.10. The van der Waals surface area contributed by atoms with Gasteiger partial charge in [-0.05, 0) is 35.9 Å². The zero-order valence-corrected chi connectivity index (χ0v) is 19.5. The summed E-state index contributed by atoms with van der Waals surface area (Å²) in [5, 5.41) is 5.77. The monoisotopic (exact) mass is 502 g/mol. The summed E-state index contributed by atoms with van der Waals surface area (Å²) < 4.78 is 16.2. The Bertz CT molecular complexity index is 1490. The van der Waals surface area contributed by atoms with E-state index in [-0.39, 0.29) is 23.1 Å². The number of rotatable bonds is 6. The highest BCUT2D eigenvalue weighted by atomic mass is 35.5. The van der Waals surface area contributed by atoms with Crippen molar-refractivity contribution >= 4 is 34.9 Å². The van der Waals surface area contributed by atoms with Gasteiger partial charge >= 0.3 is 0 Å². The fourth-order valence-electron chi connectivity index (χ4n) is 4.32. The lowest BCUT2D eigenvalue weighted by Gasteiger charge is -2.10. The normalized spacial score (nSPS) is 18.3. The van der Waals surface area contributed by atoms with Crippen molar-refractivity contribution in [3.8, 4) is 5.69 Å². The van der Waals surface area contributed by atoms with E-state index in [0.717, 1.165) is 5.56 Å². The summed E-state index contributed by atoms with van der Waals surface area (Å²) in [6, 6.07) is 21.1. The van der Waals surface area contributed by atoms with Crippen LogP contribution in [0.4, 0.5) is 15.9 Å². The van der Waals surface area contributed by atoms with Gasteiger partial charge in [-0.15, -0.1) is 0 Å². The zero-order chi connectivity index (χ0) is 25.2. The Kier molecular flexibility index (Phi) is 6.35. The zero-order valence-electron chi connectivity index (χ0n) is 18.8. The highest BCUT2D eigenvalue weighted by Crippen LogP contribution is 2.55. The van der Waals surface area contributed by atoms with Crippen LogP contribution in [0, 0.1) is 17.7 Å². The van der Waals surface area contributed by atoms with Gasteiger partial charge in [0.2, 0.25) is 11.8 Å². The molecule has 1 fully saturated rings. The van der Waals surface area contributed by atoms with Crippen LogP contribution in [-0.2, 0) is 9.59 Å². The molecule has 5 rings (SSSR count). The molecule has 180 valence electrons. The summed E-state index contributed by atoms with van der Waals surface area (Å²) in [6.07, 6.45) is 2.95. The van der Waals surface area contributed by atoms with Crippen LogP contribution in [0.5, 0.6) is 0 Å². The second-order valence-corrected chi connectivity index (χ2v) is 8.84. The first-order chi connectivity index (χ1) is 17.4. The average Bonchev–Trinajstić information content (AvgIpc) is 3.64. The third-order valence-corrected chi connectivity index (χ3v) is 6.32. The Balaban J connectivity index is 1.36. The number of hydrogen-bond donors (Lipinski definition) is 2. The van der Waals surface area contributed by atoms with Crippen LogP contribution >= 0.6 is 11.6 Å². The van der Waals surface area contributed by atoms with Gasteiger partial charge in [0, 0.05) is 30.4 Å². The van der Waals surface area contributed by atoms with Gasteiger partial charge < -0.3 is 10.6 Å². The number of carbonyl (C=O) groups is 2. The molecular formula is C27H20ClFN4O3. The molecule has 1 aliphatic rings. The van der Waals surface area contributed by atoms with Crippen LogP contribution in [0.2, 0.25) is 5.02 Å². The van der Waals surface area contributed by atoms with E-state index in [9.17, 15) is 18.8 Å². The number of anilines is 2. The quantitative estimate of drug-likeness (QED) is 0.402. The number of halogens is 2. The Labute approximate surface area is 210 Å². The Morgan fingerprint density at radius 2 is 1.61 bits per heavy atom. The van der Waals surface area contributed by atoms with Gasteiger partial charge in [0.05, 0.1) is 28.2 Å².